The molecule has 0 heterocycles. The highest BCUT2D eigenvalue weighted by Crippen LogP contribution is 2.60. The van der Waals surface area contributed by atoms with Crippen molar-refractivity contribution in [3.8, 4) is 0 Å². The molecule has 4 aliphatic carbocycles. The molecule has 4 saturated carbocycles. The van der Waals surface area contributed by atoms with Gasteiger partial charge in [-0.1, -0.05) is 26.0 Å². The van der Waals surface area contributed by atoms with Gasteiger partial charge >= 0.3 is 0 Å². The van der Waals surface area contributed by atoms with E-state index in [0.717, 1.165) is 49.1 Å². The highest BCUT2D eigenvalue weighted by molar-refractivity contribution is 5.94. The van der Waals surface area contributed by atoms with Gasteiger partial charge in [-0.25, -0.2) is 0 Å². The second-order valence-electron chi connectivity index (χ2n) is 11.7. The molecule has 0 atom stereocenters. The molecule has 0 radical (unpaired) electrons. The molecule has 0 saturated heterocycles. The van der Waals surface area contributed by atoms with Gasteiger partial charge in [0.05, 0.1) is 0 Å². The molecule has 5 rings (SSSR count). The normalized spacial score (nSPS) is 29.3. The zero-order valence-corrected chi connectivity index (χ0v) is 19.7. The minimum atomic E-state index is -0.103. The Morgan fingerprint density at radius 2 is 1.52 bits per heavy atom. The lowest BCUT2D eigenvalue weighted by Crippen LogP contribution is -2.53. The average molecular weight is 426 g/mol. The fourth-order valence-corrected chi connectivity index (χ4v) is 6.87. The summed E-state index contributed by atoms with van der Waals surface area (Å²) in [5, 5.41) is 6.28. The van der Waals surface area contributed by atoms with E-state index in [1.54, 1.807) is 0 Å². The molecule has 2 N–H and O–H groups in total. The van der Waals surface area contributed by atoms with Gasteiger partial charge in [0.1, 0.15) is 0 Å². The van der Waals surface area contributed by atoms with Crippen molar-refractivity contribution in [3.63, 3.8) is 0 Å². The number of carbonyl (C=O) groups is 2. The maximum Gasteiger partial charge on any atom is 0.251 e. The molecule has 5 heteroatoms. The van der Waals surface area contributed by atoms with Crippen LogP contribution in [0, 0.1) is 28.6 Å². The Morgan fingerprint density at radius 3 is 2.03 bits per heavy atom. The number of rotatable bonds is 8. The van der Waals surface area contributed by atoms with E-state index in [9.17, 15) is 9.59 Å². The Bertz CT molecular complexity index is 777. The van der Waals surface area contributed by atoms with Gasteiger partial charge in [-0.2, -0.15) is 0 Å². The zero-order valence-electron chi connectivity index (χ0n) is 19.7. The second-order valence-corrected chi connectivity index (χ2v) is 11.7. The highest BCUT2D eigenvalue weighted by Gasteiger charge is 2.54. The number of carbonyl (C=O) groups excluding carboxylic acids is 2. The molecular weight excluding hydrogens is 386 g/mol. The van der Waals surface area contributed by atoms with Crippen LogP contribution in [0.2, 0.25) is 0 Å². The van der Waals surface area contributed by atoms with E-state index in [4.69, 9.17) is 0 Å². The van der Waals surface area contributed by atoms with Crippen molar-refractivity contribution >= 4 is 11.8 Å². The van der Waals surface area contributed by atoms with E-state index in [1.807, 2.05) is 38.4 Å². The van der Waals surface area contributed by atoms with Crippen molar-refractivity contribution in [2.24, 2.45) is 28.6 Å². The SMILES string of the molecule is CN(C)CC(C)(C)CNC(=O)c1ccc(CNC(=O)C23CC4CC(CC(C4)C2)C3)cc1. The maximum absolute atomic E-state index is 13.1. The Hall–Kier alpha value is -1.88. The molecular formula is C26H39N3O2. The van der Waals surface area contributed by atoms with Crippen LogP contribution >= 0.6 is 0 Å². The van der Waals surface area contributed by atoms with Gasteiger partial charge < -0.3 is 15.5 Å². The van der Waals surface area contributed by atoms with E-state index in [1.165, 1.54) is 19.3 Å². The topological polar surface area (TPSA) is 61.4 Å². The predicted molar refractivity (Wildman–Crippen MR) is 124 cm³/mol. The van der Waals surface area contributed by atoms with E-state index < -0.39 is 0 Å². The van der Waals surface area contributed by atoms with Crippen molar-refractivity contribution in [1.82, 2.24) is 15.5 Å². The standard InChI is InChI=1S/C26H39N3O2/c1-25(2,17-29(3)4)16-28-23(30)22-7-5-18(6-8-22)15-27-24(31)26-12-19-9-20(13-26)11-21(10-19)14-26/h5-8,19-21H,9-17H2,1-4H3,(H,27,31)(H,28,30). The first kappa shape index (κ1) is 22.3. The molecule has 5 nitrogen and oxygen atoms in total. The monoisotopic (exact) mass is 425 g/mol. The first-order valence-corrected chi connectivity index (χ1v) is 11.9. The van der Waals surface area contributed by atoms with Crippen molar-refractivity contribution < 1.29 is 9.59 Å². The highest BCUT2D eigenvalue weighted by atomic mass is 16.2. The third-order valence-corrected chi connectivity index (χ3v) is 7.66. The third-order valence-electron chi connectivity index (χ3n) is 7.66. The Labute approximate surface area is 187 Å². The van der Waals surface area contributed by atoms with Crippen LogP contribution in [0.5, 0.6) is 0 Å². The van der Waals surface area contributed by atoms with Crippen LogP contribution in [0.4, 0.5) is 0 Å². The first-order chi connectivity index (χ1) is 14.6. The number of hydrogen-bond acceptors (Lipinski definition) is 3. The van der Waals surface area contributed by atoms with Gasteiger partial charge in [0, 0.05) is 30.6 Å². The fraction of sp³-hybridized carbons (Fsp3) is 0.692. The summed E-state index contributed by atoms with van der Waals surface area (Å²) in [7, 11) is 4.09. The van der Waals surface area contributed by atoms with Gasteiger partial charge in [0.2, 0.25) is 5.91 Å². The molecule has 170 valence electrons. The van der Waals surface area contributed by atoms with Crippen LogP contribution in [0.25, 0.3) is 0 Å². The molecule has 1 aromatic carbocycles. The minimum Gasteiger partial charge on any atom is -0.352 e. The molecule has 4 bridgehead atoms. The summed E-state index contributed by atoms with van der Waals surface area (Å²) in [5.74, 6) is 2.54. The van der Waals surface area contributed by atoms with Crippen LogP contribution in [0.3, 0.4) is 0 Å². The number of hydrogen-bond donors (Lipinski definition) is 2. The fourth-order valence-electron chi connectivity index (χ4n) is 6.87. The molecule has 0 aromatic heterocycles. The molecule has 0 spiro atoms. The van der Waals surface area contributed by atoms with E-state index >= 15 is 0 Å². The predicted octanol–water partition coefficient (Wildman–Crippen LogP) is 3.84. The Morgan fingerprint density at radius 1 is 0.968 bits per heavy atom. The van der Waals surface area contributed by atoms with Crippen LogP contribution in [-0.4, -0.2) is 43.9 Å². The summed E-state index contributed by atoms with van der Waals surface area (Å²) in [6.45, 7) is 6.40. The lowest BCUT2D eigenvalue weighted by molar-refractivity contribution is -0.146. The van der Waals surface area contributed by atoms with Crippen LogP contribution in [0.15, 0.2) is 24.3 Å². The summed E-state index contributed by atoms with van der Waals surface area (Å²) in [5.41, 5.74) is 1.62. The summed E-state index contributed by atoms with van der Waals surface area (Å²) < 4.78 is 0. The van der Waals surface area contributed by atoms with Gasteiger partial charge in [-0.3, -0.25) is 9.59 Å². The minimum absolute atomic E-state index is 0.0145. The second kappa shape index (κ2) is 8.57. The molecule has 0 unspecified atom stereocenters. The molecule has 4 fully saturated rings. The number of benzene rings is 1. The van der Waals surface area contributed by atoms with E-state index in [2.05, 4.69) is 29.4 Å². The van der Waals surface area contributed by atoms with E-state index in [0.29, 0.717) is 18.7 Å². The average Bonchev–Trinajstić information content (AvgIpc) is 2.68. The zero-order chi connectivity index (χ0) is 22.2. The van der Waals surface area contributed by atoms with Gasteiger partial charge in [-0.05, 0) is 93.5 Å². The molecule has 1 aromatic rings. The molecule has 31 heavy (non-hydrogen) atoms. The van der Waals surface area contributed by atoms with Crippen molar-refractivity contribution in [1.29, 1.82) is 0 Å². The van der Waals surface area contributed by atoms with Gasteiger partial charge in [-0.15, -0.1) is 0 Å². The Kier molecular flexibility index (Phi) is 6.17. The summed E-state index contributed by atoms with van der Waals surface area (Å²) in [4.78, 5) is 27.8. The number of nitrogens with one attached hydrogen (secondary N) is 2. The van der Waals surface area contributed by atoms with Gasteiger partial charge in [0.15, 0.2) is 0 Å². The number of nitrogens with zero attached hydrogens (tertiary/aromatic N) is 1. The smallest absolute Gasteiger partial charge is 0.251 e. The van der Waals surface area contributed by atoms with Crippen LogP contribution in [-0.2, 0) is 11.3 Å². The quantitative estimate of drug-likeness (QED) is 0.665. The summed E-state index contributed by atoms with van der Waals surface area (Å²) in [6.07, 6.45) is 7.32. The lowest BCUT2D eigenvalue weighted by Gasteiger charge is -2.55. The van der Waals surface area contributed by atoms with Gasteiger partial charge in [0.25, 0.3) is 5.91 Å². The van der Waals surface area contributed by atoms with Crippen LogP contribution in [0.1, 0.15) is 68.3 Å². The maximum atomic E-state index is 13.1. The number of amides is 2. The first-order valence-electron chi connectivity index (χ1n) is 11.9. The summed E-state index contributed by atoms with van der Waals surface area (Å²) in [6, 6.07) is 7.64. The molecule has 0 aliphatic heterocycles. The van der Waals surface area contributed by atoms with Crippen molar-refractivity contribution in [3.05, 3.63) is 35.4 Å². The Balaban J connectivity index is 1.28. The van der Waals surface area contributed by atoms with Crippen LogP contribution < -0.4 is 10.6 Å². The van der Waals surface area contributed by atoms with Crippen molar-refractivity contribution in [2.45, 2.75) is 58.9 Å². The van der Waals surface area contributed by atoms with E-state index in [-0.39, 0.29) is 22.6 Å². The lowest BCUT2D eigenvalue weighted by atomic mass is 9.49. The van der Waals surface area contributed by atoms with Crippen molar-refractivity contribution in [2.75, 3.05) is 27.2 Å². The molecule has 4 aliphatic rings. The summed E-state index contributed by atoms with van der Waals surface area (Å²) >= 11 is 0. The third kappa shape index (κ3) is 5.14. The molecule has 2 amide bonds. The largest absolute Gasteiger partial charge is 0.352 e.